The van der Waals surface area contributed by atoms with E-state index in [4.69, 9.17) is 22.1 Å². The van der Waals surface area contributed by atoms with Crippen LogP contribution < -0.4 is 11.1 Å². The van der Waals surface area contributed by atoms with Crippen molar-refractivity contribution in [1.82, 2.24) is 24.5 Å². The Morgan fingerprint density at radius 2 is 1.74 bits per heavy atom. The Morgan fingerprint density at radius 3 is 2.49 bits per heavy atom. The molecular weight excluding hydrogens is 638 g/mol. The summed E-state index contributed by atoms with van der Waals surface area (Å²) < 4.78 is 6.08. The maximum absolute atomic E-state index is 14.1. The first-order chi connectivity index (χ1) is 22.7. The van der Waals surface area contributed by atoms with E-state index in [1.165, 1.54) is 0 Å². The number of rotatable bonds is 7. The molecule has 4 aliphatic heterocycles. The average molecular weight is 686 g/mol. The predicted molar refractivity (Wildman–Crippen MR) is 186 cm³/mol. The summed E-state index contributed by atoms with van der Waals surface area (Å²) >= 11 is 8.12. The number of anilines is 2. The van der Waals surface area contributed by atoms with Crippen molar-refractivity contribution >= 4 is 52.3 Å². The van der Waals surface area contributed by atoms with Crippen molar-refractivity contribution in [1.29, 1.82) is 0 Å². The van der Waals surface area contributed by atoms with Crippen LogP contribution >= 0.6 is 22.9 Å². The molecule has 0 bridgehead atoms. The third kappa shape index (κ3) is 7.82. The van der Waals surface area contributed by atoms with Crippen molar-refractivity contribution in [2.75, 3.05) is 70.5 Å². The number of amides is 4. The lowest BCUT2D eigenvalue weighted by Gasteiger charge is -2.40. The minimum Gasteiger partial charge on any atom is -0.436 e. The molecular formula is C34H48ClN7O4S. The fourth-order valence-corrected chi connectivity index (χ4v) is 8.56. The van der Waals surface area contributed by atoms with Crippen molar-refractivity contribution in [3.05, 3.63) is 44.6 Å². The number of thiophene rings is 1. The SMILES string of the molecule is CCc1cc(C[C@@H](OC(=O)N2CCC(N3Cc4sccc4NC3=O)CC2)C(=O)N2CCC(N3CCCN(C)CC3)CC2)cc(Cl)c1N. The van der Waals surface area contributed by atoms with Crippen LogP contribution in [0.15, 0.2) is 23.6 Å². The second-order valence-corrected chi connectivity index (χ2v) is 14.8. The minimum absolute atomic E-state index is 0.0296. The summed E-state index contributed by atoms with van der Waals surface area (Å²) in [4.78, 5) is 52.0. The molecule has 0 saturated carbocycles. The van der Waals surface area contributed by atoms with Crippen molar-refractivity contribution in [3.8, 4) is 0 Å². The van der Waals surface area contributed by atoms with E-state index < -0.39 is 12.2 Å². The Balaban J connectivity index is 1.10. The Labute approximate surface area is 286 Å². The molecule has 3 N–H and O–H groups in total. The van der Waals surface area contributed by atoms with Crippen LogP contribution in [0, 0.1) is 0 Å². The number of likely N-dealkylation sites (tertiary alicyclic amines) is 2. The molecule has 3 saturated heterocycles. The number of nitrogen functional groups attached to an aromatic ring is 1. The fraction of sp³-hybridized carbons (Fsp3) is 0.618. The monoisotopic (exact) mass is 685 g/mol. The van der Waals surface area contributed by atoms with Gasteiger partial charge in [-0.2, -0.15) is 0 Å². The first kappa shape index (κ1) is 33.8. The van der Waals surface area contributed by atoms with E-state index >= 15 is 0 Å². The van der Waals surface area contributed by atoms with E-state index in [0.717, 1.165) is 67.1 Å². The molecule has 6 rings (SSSR count). The zero-order chi connectivity index (χ0) is 33.1. The Kier molecular flexibility index (Phi) is 10.8. The molecule has 4 amide bonds. The Hall–Kier alpha value is -3.06. The zero-order valence-electron chi connectivity index (χ0n) is 27.6. The van der Waals surface area contributed by atoms with Gasteiger partial charge in [0.1, 0.15) is 0 Å². The number of ether oxygens (including phenoxy) is 1. The molecule has 1 aromatic carbocycles. The Bertz CT molecular complexity index is 1440. The quantitative estimate of drug-likeness (QED) is 0.405. The number of hydrogen-bond donors (Lipinski definition) is 2. The van der Waals surface area contributed by atoms with Gasteiger partial charge in [-0.1, -0.05) is 24.6 Å². The highest BCUT2D eigenvalue weighted by atomic mass is 35.5. The molecule has 2 aromatic rings. The topological polar surface area (TPSA) is 115 Å². The van der Waals surface area contributed by atoms with E-state index in [1.54, 1.807) is 22.3 Å². The number of hydrogen-bond acceptors (Lipinski definition) is 8. The summed E-state index contributed by atoms with van der Waals surface area (Å²) in [6, 6.07) is 6.08. The van der Waals surface area contributed by atoms with Gasteiger partial charge in [-0.05, 0) is 87.3 Å². The lowest BCUT2D eigenvalue weighted by Crippen LogP contribution is -2.53. The van der Waals surface area contributed by atoms with Gasteiger partial charge in [0.05, 0.1) is 22.9 Å². The van der Waals surface area contributed by atoms with Gasteiger partial charge in [-0.3, -0.25) is 9.69 Å². The van der Waals surface area contributed by atoms with Gasteiger partial charge in [0, 0.05) is 62.7 Å². The normalized spacial score (nSPS) is 21.3. The molecule has 0 radical (unpaired) electrons. The molecule has 1 aromatic heterocycles. The van der Waals surface area contributed by atoms with Crippen LogP contribution in [-0.2, 0) is 28.9 Å². The van der Waals surface area contributed by atoms with Gasteiger partial charge in [0.15, 0.2) is 6.10 Å². The molecule has 0 spiro atoms. The molecule has 5 heterocycles. The highest BCUT2D eigenvalue weighted by molar-refractivity contribution is 7.10. The number of nitrogens with two attached hydrogens (primary N) is 1. The summed E-state index contributed by atoms with van der Waals surface area (Å²) in [5.41, 5.74) is 9.36. The maximum atomic E-state index is 14.1. The number of carbonyl (C=O) groups is 3. The number of fused-ring (bicyclic) bond motifs is 1. The summed E-state index contributed by atoms with van der Waals surface area (Å²) in [6.07, 6.45) is 3.74. The Morgan fingerprint density at radius 1 is 1.02 bits per heavy atom. The van der Waals surface area contributed by atoms with Gasteiger partial charge < -0.3 is 35.4 Å². The molecule has 0 aliphatic carbocycles. The van der Waals surface area contributed by atoms with Crippen molar-refractivity contribution in [2.24, 2.45) is 0 Å². The van der Waals surface area contributed by atoms with E-state index in [1.807, 2.05) is 34.2 Å². The van der Waals surface area contributed by atoms with Gasteiger partial charge in [-0.15, -0.1) is 11.3 Å². The molecule has 0 unspecified atom stereocenters. The molecule has 4 aliphatic rings. The minimum atomic E-state index is -0.974. The second-order valence-electron chi connectivity index (χ2n) is 13.4. The maximum Gasteiger partial charge on any atom is 0.410 e. The number of carbonyl (C=O) groups excluding carboxylic acids is 3. The third-order valence-corrected chi connectivity index (χ3v) is 11.6. The standard InChI is InChI=1S/C34H48ClN7O4S/c1-3-24-19-23(20-27(35)31(24)36)21-29(32(43)40-12-5-25(6-13-40)39-11-4-10-38(2)16-17-39)46-34(45)41-14-7-26(8-15-41)42-22-30-28(9-18-47-30)37-33(42)44/h9,18-20,25-26,29H,3-8,10-17,21-22,36H2,1-2H3,(H,37,44)/t29-/m1/s1. The first-order valence-electron chi connectivity index (χ1n) is 17.1. The largest absolute Gasteiger partial charge is 0.436 e. The number of urea groups is 1. The van der Waals surface area contributed by atoms with Crippen molar-refractivity contribution in [3.63, 3.8) is 0 Å². The van der Waals surface area contributed by atoms with Crippen LogP contribution in [0.1, 0.15) is 55.0 Å². The molecule has 256 valence electrons. The summed E-state index contributed by atoms with van der Waals surface area (Å²) in [5.74, 6) is -0.162. The number of nitrogens with one attached hydrogen (secondary N) is 1. The van der Waals surface area contributed by atoms with Gasteiger partial charge in [-0.25, -0.2) is 9.59 Å². The van der Waals surface area contributed by atoms with Gasteiger partial charge in [0.25, 0.3) is 5.91 Å². The number of piperidine rings is 2. The number of benzene rings is 1. The second kappa shape index (κ2) is 15.0. The predicted octanol–water partition coefficient (Wildman–Crippen LogP) is 4.73. The van der Waals surface area contributed by atoms with E-state index in [2.05, 4.69) is 22.2 Å². The van der Waals surface area contributed by atoms with Crippen LogP contribution in [0.4, 0.5) is 21.0 Å². The van der Waals surface area contributed by atoms with Gasteiger partial charge in [0.2, 0.25) is 0 Å². The molecule has 11 nitrogen and oxygen atoms in total. The number of halogens is 1. The highest BCUT2D eigenvalue weighted by Gasteiger charge is 2.37. The van der Waals surface area contributed by atoms with E-state index in [-0.39, 0.29) is 24.4 Å². The molecule has 13 heteroatoms. The lowest BCUT2D eigenvalue weighted by atomic mass is 9.99. The number of aryl methyl sites for hydroxylation is 1. The number of nitrogens with zero attached hydrogens (tertiary/aromatic N) is 5. The van der Waals surface area contributed by atoms with Crippen molar-refractivity contribution in [2.45, 2.75) is 76.6 Å². The molecule has 3 fully saturated rings. The summed E-state index contributed by atoms with van der Waals surface area (Å²) in [6.45, 7) is 9.12. The van der Waals surface area contributed by atoms with Crippen molar-refractivity contribution < 1.29 is 19.1 Å². The van der Waals surface area contributed by atoms with Crippen LogP contribution in [0.2, 0.25) is 5.02 Å². The van der Waals surface area contributed by atoms with Gasteiger partial charge >= 0.3 is 12.1 Å². The van der Waals surface area contributed by atoms with Crippen LogP contribution in [-0.4, -0.2) is 120 Å². The summed E-state index contributed by atoms with van der Waals surface area (Å²) in [5, 5.41) is 5.42. The first-order valence-corrected chi connectivity index (χ1v) is 18.3. The fourth-order valence-electron chi connectivity index (χ4n) is 7.47. The number of likely N-dealkylation sites (N-methyl/N-ethyl adjacent to an activating group) is 1. The van der Waals surface area contributed by atoms with Crippen LogP contribution in [0.25, 0.3) is 0 Å². The van der Waals surface area contributed by atoms with E-state index in [0.29, 0.717) is 68.7 Å². The van der Waals surface area contributed by atoms with Crippen LogP contribution in [0.3, 0.4) is 0 Å². The third-order valence-electron chi connectivity index (χ3n) is 10.4. The molecule has 1 atom stereocenters. The zero-order valence-corrected chi connectivity index (χ0v) is 29.2. The average Bonchev–Trinajstić information content (AvgIpc) is 3.42. The van der Waals surface area contributed by atoms with Crippen LogP contribution in [0.5, 0.6) is 0 Å². The lowest BCUT2D eigenvalue weighted by molar-refractivity contribution is -0.142. The molecule has 47 heavy (non-hydrogen) atoms. The van der Waals surface area contributed by atoms with E-state index in [9.17, 15) is 14.4 Å². The summed E-state index contributed by atoms with van der Waals surface area (Å²) in [7, 11) is 2.18. The smallest absolute Gasteiger partial charge is 0.410 e. The highest BCUT2D eigenvalue weighted by Crippen LogP contribution is 2.32.